The van der Waals surface area contributed by atoms with Crippen LogP contribution in [0.2, 0.25) is 0 Å². The van der Waals surface area contributed by atoms with E-state index in [1.54, 1.807) is 38.1 Å². The summed E-state index contributed by atoms with van der Waals surface area (Å²) in [5.41, 5.74) is 2.37. The molecule has 0 bridgehead atoms. The SMILES string of the molecule is CCOc1ccc(NC(=O)C(C)C)cc1C(=O)NC(C)c1cccc(NC(C)=O)c1. The minimum absolute atomic E-state index is 0.131. The van der Waals surface area contributed by atoms with Gasteiger partial charge in [-0.25, -0.2) is 0 Å². The Labute approximate surface area is 177 Å². The zero-order valence-electron chi connectivity index (χ0n) is 18.0. The maximum Gasteiger partial charge on any atom is 0.255 e. The number of carbonyl (C=O) groups excluding carboxylic acids is 3. The molecule has 0 heterocycles. The standard InChI is InChI=1S/C23H29N3O4/c1-6-30-21-11-10-19(26-22(28)14(2)3)13-20(21)23(29)24-15(4)17-8-7-9-18(12-17)25-16(5)27/h7-15H,6H2,1-5H3,(H,24,29)(H,25,27)(H,26,28). The Kier molecular flexibility index (Phi) is 7.98. The summed E-state index contributed by atoms with van der Waals surface area (Å²) in [7, 11) is 0. The van der Waals surface area contributed by atoms with E-state index >= 15 is 0 Å². The normalized spacial score (nSPS) is 11.5. The van der Waals surface area contributed by atoms with E-state index in [1.807, 2.05) is 32.0 Å². The van der Waals surface area contributed by atoms with Crippen LogP contribution in [0.15, 0.2) is 42.5 Å². The van der Waals surface area contributed by atoms with Gasteiger partial charge in [-0.15, -0.1) is 0 Å². The Morgan fingerprint density at radius 1 is 0.967 bits per heavy atom. The molecule has 3 amide bonds. The Morgan fingerprint density at radius 3 is 2.30 bits per heavy atom. The monoisotopic (exact) mass is 411 g/mol. The molecule has 0 aliphatic carbocycles. The van der Waals surface area contributed by atoms with Crippen molar-refractivity contribution < 1.29 is 19.1 Å². The number of ether oxygens (including phenoxy) is 1. The van der Waals surface area contributed by atoms with Crippen LogP contribution in [-0.4, -0.2) is 24.3 Å². The quantitative estimate of drug-likeness (QED) is 0.608. The fourth-order valence-corrected chi connectivity index (χ4v) is 2.80. The van der Waals surface area contributed by atoms with E-state index in [0.717, 1.165) is 5.56 Å². The molecule has 1 atom stereocenters. The highest BCUT2D eigenvalue weighted by Crippen LogP contribution is 2.25. The predicted molar refractivity (Wildman–Crippen MR) is 118 cm³/mol. The molecule has 30 heavy (non-hydrogen) atoms. The molecule has 0 aromatic heterocycles. The van der Waals surface area contributed by atoms with Crippen molar-refractivity contribution in [2.24, 2.45) is 5.92 Å². The third-order valence-electron chi connectivity index (χ3n) is 4.37. The number of hydrogen-bond acceptors (Lipinski definition) is 4. The lowest BCUT2D eigenvalue weighted by molar-refractivity contribution is -0.119. The number of benzene rings is 2. The molecule has 160 valence electrons. The topological polar surface area (TPSA) is 96.5 Å². The lowest BCUT2D eigenvalue weighted by atomic mass is 10.1. The van der Waals surface area contributed by atoms with Crippen LogP contribution in [0.1, 0.15) is 56.6 Å². The Balaban J connectivity index is 2.23. The molecular formula is C23H29N3O4. The van der Waals surface area contributed by atoms with E-state index in [1.165, 1.54) is 6.92 Å². The minimum Gasteiger partial charge on any atom is -0.493 e. The van der Waals surface area contributed by atoms with Gasteiger partial charge in [0.1, 0.15) is 5.75 Å². The third kappa shape index (κ3) is 6.34. The van der Waals surface area contributed by atoms with Crippen LogP contribution in [0.5, 0.6) is 5.75 Å². The first-order valence-electron chi connectivity index (χ1n) is 9.97. The first-order chi connectivity index (χ1) is 14.2. The van der Waals surface area contributed by atoms with E-state index in [9.17, 15) is 14.4 Å². The summed E-state index contributed by atoms with van der Waals surface area (Å²) < 4.78 is 5.59. The Hall–Kier alpha value is -3.35. The largest absolute Gasteiger partial charge is 0.493 e. The second-order valence-electron chi connectivity index (χ2n) is 7.29. The van der Waals surface area contributed by atoms with Crippen molar-refractivity contribution in [1.82, 2.24) is 5.32 Å². The van der Waals surface area contributed by atoms with Gasteiger partial charge in [0, 0.05) is 24.2 Å². The summed E-state index contributed by atoms with van der Waals surface area (Å²) in [6.45, 7) is 9.15. The van der Waals surface area contributed by atoms with Crippen molar-refractivity contribution in [3.63, 3.8) is 0 Å². The third-order valence-corrected chi connectivity index (χ3v) is 4.37. The lowest BCUT2D eigenvalue weighted by Gasteiger charge is -2.18. The fraction of sp³-hybridized carbons (Fsp3) is 0.348. The molecule has 2 aromatic carbocycles. The molecule has 3 N–H and O–H groups in total. The Bertz CT molecular complexity index is 924. The number of hydrogen-bond donors (Lipinski definition) is 3. The lowest BCUT2D eigenvalue weighted by Crippen LogP contribution is -2.27. The van der Waals surface area contributed by atoms with Crippen molar-refractivity contribution in [1.29, 1.82) is 0 Å². The molecule has 0 radical (unpaired) electrons. The van der Waals surface area contributed by atoms with E-state index in [0.29, 0.717) is 29.3 Å². The van der Waals surface area contributed by atoms with Crippen LogP contribution in [0, 0.1) is 5.92 Å². The van der Waals surface area contributed by atoms with Gasteiger partial charge in [-0.3, -0.25) is 14.4 Å². The second-order valence-corrected chi connectivity index (χ2v) is 7.29. The maximum atomic E-state index is 13.0. The molecule has 0 spiro atoms. The molecule has 2 rings (SSSR count). The van der Waals surface area contributed by atoms with Crippen molar-refractivity contribution in [2.45, 2.75) is 40.7 Å². The molecule has 0 aliphatic heterocycles. The minimum atomic E-state index is -0.323. The second kappa shape index (κ2) is 10.4. The molecule has 1 unspecified atom stereocenters. The molecule has 7 nitrogen and oxygen atoms in total. The summed E-state index contributed by atoms with van der Waals surface area (Å²) in [6, 6.07) is 12.0. The van der Waals surface area contributed by atoms with Gasteiger partial charge in [0.15, 0.2) is 0 Å². The first kappa shape index (κ1) is 22.9. The number of amides is 3. The molecule has 0 fully saturated rings. The average molecular weight is 412 g/mol. The predicted octanol–water partition coefficient (Wildman–Crippen LogP) is 4.13. The van der Waals surface area contributed by atoms with Crippen LogP contribution < -0.4 is 20.7 Å². The number of anilines is 2. The zero-order chi connectivity index (χ0) is 22.3. The van der Waals surface area contributed by atoms with E-state index in [2.05, 4.69) is 16.0 Å². The highest BCUT2D eigenvalue weighted by atomic mass is 16.5. The zero-order valence-corrected chi connectivity index (χ0v) is 18.0. The Morgan fingerprint density at radius 2 is 1.67 bits per heavy atom. The summed E-state index contributed by atoms with van der Waals surface area (Å²) in [6.07, 6.45) is 0. The van der Waals surface area contributed by atoms with Gasteiger partial charge in [0.05, 0.1) is 18.2 Å². The summed E-state index contributed by atoms with van der Waals surface area (Å²) >= 11 is 0. The van der Waals surface area contributed by atoms with Gasteiger partial charge in [-0.2, -0.15) is 0 Å². The maximum absolute atomic E-state index is 13.0. The van der Waals surface area contributed by atoms with Gasteiger partial charge in [0.25, 0.3) is 5.91 Å². The van der Waals surface area contributed by atoms with Crippen molar-refractivity contribution >= 4 is 29.1 Å². The van der Waals surface area contributed by atoms with Gasteiger partial charge < -0.3 is 20.7 Å². The van der Waals surface area contributed by atoms with Crippen LogP contribution in [0.4, 0.5) is 11.4 Å². The van der Waals surface area contributed by atoms with Crippen molar-refractivity contribution in [3.8, 4) is 5.75 Å². The number of carbonyl (C=O) groups is 3. The summed E-state index contributed by atoms with van der Waals surface area (Å²) in [4.78, 5) is 36.3. The molecule has 2 aromatic rings. The number of nitrogens with one attached hydrogen (secondary N) is 3. The fourth-order valence-electron chi connectivity index (χ4n) is 2.80. The van der Waals surface area contributed by atoms with Crippen LogP contribution in [0.25, 0.3) is 0 Å². The van der Waals surface area contributed by atoms with Gasteiger partial charge in [-0.1, -0.05) is 26.0 Å². The summed E-state index contributed by atoms with van der Waals surface area (Å²) in [5.74, 6) is -0.350. The van der Waals surface area contributed by atoms with Gasteiger partial charge >= 0.3 is 0 Å². The van der Waals surface area contributed by atoms with Gasteiger partial charge in [-0.05, 0) is 49.7 Å². The van der Waals surface area contributed by atoms with Gasteiger partial charge in [0.2, 0.25) is 11.8 Å². The van der Waals surface area contributed by atoms with E-state index in [-0.39, 0.29) is 29.7 Å². The highest BCUT2D eigenvalue weighted by molar-refractivity contribution is 6.00. The molecule has 7 heteroatoms. The van der Waals surface area contributed by atoms with Crippen molar-refractivity contribution in [2.75, 3.05) is 17.2 Å². The first-order valence-corrected chi connectivity index (χ1v) is 9.97. The molecule has 0 saturated carbocycles. The molecular weight excluding hydrogens is 382 g/mol. The average Bonchev–Trinajstić information content (AvgIpc) is 2.68. The van der Waals surface area contributed by atoms with Crippen LogP contribution in [-0.2, 0) is 9.59 Å². The molecule has 0 aliphatic rings. The highest BCUT2D eigenvalue weighted by Gasteiger charge is 2.18. The summed E-state index contributed by atoms with van der Waals surface area (Å²) in [5, 5.41) is 8.49. The van der Waals surface area contributed by atoms with E-state index < -0.39 is 0 Å². The van der Waals surface area contributed by atoms with Crippen LogP contribution >= 0.6 is 0 Å². The smallest absolute Gasteiger partial charge is 0.255 e. The molecule has 0 saturated heterocycles. The van der Waals surface area contributed by atoms with E-state index in [4.69, 9.17) is 4.74 Å². The van der Waals surface area contributed by atoms with Crippen LogP contribution in [0.3, 0.4) is 0 Å². The van der Waals surface area contributed by atoms with Crippen molar-refractivity contribution in [3.05, 3.63) is 53.6 Å². The number of rotatable bonds is 8.